The van der Waals surface area contributed by atoms with Crippen LogP contribution in [-0.2, 0) is 0 Å². The summed E-state index contributed by atoms with van der Waals surface area (Å²) in [6.07, 6.45) is 11.2. The van der Waals surface area contributed by atoms with Gasteiger partial charge in [0.1, 0.15) is 23.1 Å². The maximum atomic E-state index is 6.19. The molecule has 7 heterocycles. The molecule has 7 rings (SSSR count). The van der Waals surface area contributed by atoms with Gasteiger partial charge in [0.2, 0.25) is 0 Å². The van der Waals surface area contributed by atoms with Gasteiger partial charge in [0.25, 0.3) is 0 Å². The second-order valence-electron chi connectivity index (χ2n) is 8.84. The summed E-state index contributed by atoms with van der Waals surface area (Å²) in [5.74, 6) is 1.44. The van der Waals surface area contributed by atoms with Gasteiger partial charge in [0, 0.05) is 28.9 Å². The van der Waals surface area contributed by atoms with Crippen molar-refractivity contribution < 1.29 is 4.74 Å². The lowest BCUT2D eigenvalue weighted by Gasteiger charge is -2.23. The molecule has 0 unspecified atom stereocenters. The molecule has 0 amide bonds. The summed E-state index contributed by atoms with van der Waals surface area (Å²) in [7, 11) is 0. The SMILES string of the molecule is c1cc(-c2cncc3[nH]c(-c4n[nH]c5cnc(-c6cncc(OC7CCNCC7)c6)cc45)nc23)cs1. The molecule has 0 saturated carbocycles. The number of hydrogen-bond acceptors (Lipinski definition) is 8. The summed E-state index contributed by atoms with van der Waals surface area (Å²) in [4.78, 5) is 21.8. The number of aromatic amines is 2. The molecule has 0 atom stereocenters. The number of nitrogens with one attached hydrogen (secondary N) is 3. The van der Waals surface area contributed by atoms with Crippen LogP contribution in [0.15, 0.2) is 59.9 Å². The fourth-order valence-electron chi connectivity index (χ4n) is 4.66. The van der Waals surface area contributed by atoms with Crippen molar-refractivity contribution in [2.45, 2.75) is 18.9 Å². The number of H-pyrrole nitrogens is 2. The number of rotatable bonds is 5. The zero-order chi connectivity index (χ0) is 23.9. The maximum absolute atomic E-state index is 6.19. The number of fused-ring (bicyclic) bond motifs is 2. The second kappa shape index (κ2) is 8.81. The molecule has 1 saturated heterocycles. The van der Waals surface area contributed by atoms with Crippen LogP contribution in [0.2, 0.25) is 0 Å². The van der Waals surface area contributed by atoms with Crippen LogP contribution < -0.4 is 10.1 Å². The second-order valence-corrected chi connectivity index (χ2v) is 9.62. The predicted molar refractivity (Wildman–Crippen MR) is 140 cm³/mol. The largest absolute Gasteiger partial charge is 0.489 e. The summed E-state index contributed by atoms with van der Waals surface area (Å²) >= 11 is 1.65. The molecule has 3 N–H and O–H groups in total. The van der Waals surface area contributed by atoms with E-state index in [1.807, 2.05) is 24.5 Å². The van der Waals surface area contributed by atoms with Crippen LogP contribution in [0.3, 0.4) is 0 Å². The van der Waals surface area contributed by atoms with Crippen molar-refractivity contribution in [3.05, 3.63) is 59.9 Å². The Morgan fingerprint density at radius 2 is 1.86 bits per heavy atom. The predicted octanol–water partition coefficient (Wildman–Crippen LogP) is 4.82. The van der Waals surface area contributed by atoms with E-state index >= 15 is 0 Å². The smallest absolute Gasteiger partial charge is 0.159 e. The quantitative estimate of drug-likeness (QED) is 0.315. The van der Waals surface area contributed by atoms with Crippen molar-refractivity contribution in [1.82, 2.24) is 40.4 Å². The average molecular weight is 495 g/mol. The van der Waals surface area contributed by atoms with Gasteiger partial charge in [-0.05, 0) is 60.5 Å². The molecule has 1 aliphatic rings. The lowest BCUT2D eigenvalue weighted by Crippen LogP contribution is -2.34. The first-order valence-corrected chi connectivity index (χ1v) is 12.8. The van der Waals surface area contributed by atoms with E-state index in [-0.39, 0.29) is 6.10 Å². The Bertz CT molecular complexity index is 1670. The van der Waals surface area contributed by atoms with E-state index in [0.717, 1.165) is 81.7 Å². The first kappa shape index (κ1) is 21.2. The molecular formula is C26H22N8OS. The Morgan fingerprint density at radius 3 is 2.75 bits per heavy atom. The van der Waals surface area contributed by atoms with Gasteiger partial charge >= 0.3 is 0 Å². The third-order valence-corrected chi connectivity index (χ3v) is 7.18. The molecule has 9 nitrogen and oxygen atoms in total. The van der Waals surface area contributed by atoms with Crippen molar-refractivity contribution in [2.75, 3.05) is 13.1 Å². The zero-order valence-corrected chi connectivity index (χ0v) is 20.0. The lowest BCUT2D eigenvalue weighted by molar-refractivity contribution is 0.162. The number of aromatic nitrogens is 7. The number of piperidine rings is 1. The summed E-state index contributed by atoms with van der Waals surface area (Å²) in [5.41, 5.74) is 7.09. The summed E-state index contributed by atoms with van der Waals surface area (Å²) in [6, 6.07) is 6.10. The van der Waals surface area contributed by atoms with E-state index in [1.165, 1.54) is 0 Å². The molecular weight excluding hydrogens is 472 g/mol. The lowest BCUT2D eigenvalue weighted by atomic mass is 10.1. The summed E-state index contributed by atoms with van der Waals surface area (Å²) in [6.45, 7) is 1.96. The normalized spacial score (nSPS) is 14.6. The van der Waals surface area contributed by atoms with Gasteiger partial charge in [0.15, 0.2) is 5.82 Å². The Hall–Kier alpha value is -4.15. The third kappa shape index (κ3) is 3.80. The van der Waals surface area contributed by atoms with Gasteiger partial charge in [0.05, 0.1) is 35.3 Å². The van der Waals surface area contributed by atoms with Gasteiger partial charge in [-0.1, -0.05) is 0 Å². The number of imidazole rings is 1. The Morgan fingerprint density at radius 1 is 0.944 bits per heavy atom. The number of pyridine rings is 3. The highest BCUT2D eigenvalue weighted by Crippen LogP contribution is 2.33. The minimum Gasteiger partial charge on any atom is -0.489 e. The van der Waals surface area contributed by atoms with Crippen molar-refractivity contribution in [2.24, 2.45) is 0 Å². The van der Waals surface area contributed by atoms with Gasteiger partial charge in [-0.25, -0.2) is 4.98 Å². The fraction of sp³-hybridized carbons (Fsp3) is 0.192. The first-order chi connectivity index (χ1) is 17.8. The van der Waals surface area contributed by atoms with E-state index in [9.17, 15) is 0 Å². The monoisotopic (exact) mass is 494 g/mol. The highest BCUT2D eigenvalue weighted by molar-refractivity contribution is 7.08. The molecule has 6 aromatic rings. The van der Waals surface area contributed by atoms with E-state index in [1.54, 1.807) is 29.9 Å². The molecule has 36 heavy (non-hydrogen) atoms. The molecule has 1 aliphatic heterocycles. The maximum Gasteiger partial charge on any atom is 0.159 e. The zero-order valence-electron chi connectivity index (χ0n) is 19.2. The van der Waals surface area contributed by atoms with Gasteiger partial charge in [-0.15, -0.1) is 0 Å². The fourth-order valence-corrected chi connectivity index (χ4v) is 5.31. The van der Waals surface area contributed by atoms with Crippen LogP contribution in [0, 0.1) is 0 Å². The molecule has 0 bridgehead atoms. The first-order valence-electron chi connectivity index (χ1n) is 11.9. The van der Waals surface area contributed by atoms with Gasteiger partial charge < -0.3 is 15.0 Å². The molecule has 6 aromatic heterocycles. The Kier molecular flexibility index (Phi) is 5.18. The minimum absolute atomic E-state index is 0.209. The Labute approximate surface area is 210 Å². The molecule has 0 aromatic carbocycles. The van der Waals surface area contributed by atoms with E-state index < -0.39 is 0 Å². The average Bonchev–Trinajstić information content (AvgIpc) is 3.68. The highest BCUT2D eigenvalue weighted by Gasteiger charge is 2.18. The van der Waals surface area contributed by atoms with Crippen LogP contribution in [0.5, 0.6) is 5.75 Å². The van der Waals surface area contributed by atoms with Crippen LogP contribution >= 0.6 is 11.3 Å². The minimum atomic E-state index is 0.209. The van der Waals surface area contributed by atoms with Crippen LogP contribution in [0.1, 0.15) is 12.8 Å². The van der Waals surface area contributed by atoms with Crippen molar-refractivity contribution in [3.8, 4) is 39.7 Å². The molecule has 0 spiro atoms. The molecule has 0 radical (unpaired) electrons. The number of thiophene rings is 1. The van der Waals surface area contributed by atoms with Gasteiger partial charge in [-0.2, -0.15) is 16.4 Å². The topological polar surface area (TPSA) is 117 Å². The van der Waals surface area contributed by atoms with Gasteiger partial charge in [-0.3, -0.25) is 20.1 Å². The highest BCUT2D eigenvalue weighted by atomic mass is 32.1. The number of hydrogen-bond donors (Lipinski definition) is 3. The van der Waals surface area contributed by atoms with E-state index in [4.69, 9.17) is 9.72 Å². The molecule has 10 heteroatoms. The number of ether oxygens (including phenoxy) is 1. The summed E-state index contributed by atoms with van der Waals surface area (Å²) < 4.78 is 6.19. The third-order valence-electron chi connectivity index (χ3n) is 6.50. The Balaban J connectivity index is 1.26. The van der Waals surface area contributed by atoms with E-state index in [2.05, 4.69) is 52.3 Å². The molecule has 0 aliphatic carbocycles. The molecule has 1 fully saturated rings. The standard InChI is InChI=1S/C26H22N8OS/c1-4-27-5-2-17(1)35-18-7-16(9-28-10-18)21-8-19-22(13-30-21)33-34-25(19)26-31-23-12-29-11-20(24(23)32-26)15-3-6-36-14-15/h3,6-14,17,27H,1-2,4-5H2,(H,31,32)(H,33,34). The van der Waals surface area contributed by atoms with Crippen LogP contribution in [-0.4, -0.2) is 54.3 Å². The summed E-state index contributed by atoms with van der Waals surface area (Å²) in [5, 5.41) is 16.1. The van der Waals surface area contributed by atoms with Crippen molar-refractivity contribution in [1.29, 1.82) is 0 Å². The van der Waals surface area contributed by atoms with Crippen LogP contribution in [0.25, 0.3) is 55.8 Å². The van der Waals surface area contributed by atoms with Crippen molar-refractivity contribution in [3.63, 3.8) is 0 Å². The van der Waals surface area contributed by atoms with Crippen LogP contribution in [0.4, 0.5) is 0 Å². The van der Waals surface area contributed by atoms with Crippen molar-refractivity contribution >= 4 is 33.3 Å². The number of nitrogens with zero attached hydrogens (tertiary/aromatic N) is 5. The van der Waals surface area contributed by atoms with E-state index in [0.29, 0.717) is 5.82 Å². The molecule has 178 valence electrons.